The first-order valence-corrected chi connectivity index (χ1v) is 8.18. The van der Waals surface area contributed by atoms with E-state index in [0.717, 1.165) is 25.8 Å². The minimum Gasteiger partial charge on any atom is -0.372 e. The number of benzene rings is 2. The molecule has 0 aromatic heterocycles. The van der Waals surface area contributed by atoms with Gasteiger partial charge in [-0.3, -0.25) is 0 Å². The van der Waals surface area contributed by atoms with Gasteiger partial charge in [0.1, 0.15) is 0 Å². The second-order valence-corrected chi connectivity index (χ2v) is 6.05. The lowest BCUT2D eigenvalue weighted by Gasteiger charge is -2.12. The maximum Gasteiger partial charge on any atom is 0.0721 e. The van der Waals surface area contributed by atoms with Crippen LogP contribution in [0.1, 0.15) is 24.8 Å². The van der Waals surface area contributed by atoms with Gasteiger partial charge in [0, 0.05) is 24.0 Å². The molecule has 1 aliphatic heterocycles. The van der Waals surface area contributed by atoms with E-state index in [-0.39, 0.29) is 6.10 Å². The molecule has 0 spiro atoms. The Kier molecular flexibility index (Phi) is 5.48. The van der Waals surface area contributed by atoms with Crippen molar-refractivity contribution in [2.24, 2.45) is 5.11 Å². The SMILES string of the molecule is [N-]=[N+]=NCCC[C@@H]1C[C@@H](OCc2ccc3ccccc3c2)CN1. The molecule has 23 heavy (non-hydrogen) atoms. The van der Waals surface area contributed by atoms with Gasteiger partial charge in [-0.15, -0.1) is 0 Å². The highest BCUT2D eigenvalue weighted by Crippen LogP contribution is 2.19. The molecule has 0 aliphatic carbocycles. The average Bonchev–Trinajstić information content (AvgIpc) is 3.04. The normalized spacial score (nSPS) is 20.5. The Hall–Kier alpha value is -2.07. The molecule has 5 heteroatoms. The summed E-state index contributed by atoms with van der Waals surface area (Å²) in [6, 6.07) is 15.4. The van der Waals surface area contributed by atoms with Gasteiger partial charge in [0.05, 0.1) is 12.7 Å². The van der Waals surface area contributed by atoms with Crippen molar-refractivity contribution >= 4 is 10.8 Å². The van der Waals surface area contributed by atoms with E-state index in [1.807, 2.05) is 0 Å². The van der Waals surface area contributed by atoms with Crippen molar-refractivity contribution in [3.63, 3.8) is 0 Å². The van der Waals surface area contributed by atoms with Crippen molar-refractivity contribution in [3.8, 4) is 0 Å². The number of nitrogens with zero attached hydrogens (tertiary/aromatic N) is 3. The lowest BCUT2D eigenvalue weighted by molar-refractivity contribution is 0.0524. The molecule has 0 bridgehead atoms. The van der Waals surface area contributed by atoms with Crippen LogP contribution in [0.4, 0.5) is 0 Å². The first-order chi connectivity index (χ1) is 11.3. The highest BCUT2D eigenvalue weighted by molar-refractivity contribution is 5.82. The molecule has 2 aromatic carbocycles. The Morgan fingerprint density at radius 1 is 1.22 bits per heavy atom. The summed E-state index contributed by atoms with van der Waals surface area (Å²) in [7, 11) is 0. The van der Waals surface area contributed by atoms with Crippen molar-refractivity contribution < 1.29 is 4.74 Å². The molecule has 1 aliphatic rings. The molecule has 0 saturated carbocycles. The van der Waals surface area contributed by atoms with Gasteiger partial charge < -0.3 is 10.1 Å². The van der Waals surface area contributed by atoms with Gasteiger partial charge >= 0.3 is 0 Å². The van der Waals surface area contributed by atoms with Gasteiger partial charge in [0.15, 0.2) is 0 Å². The number of nitrogens with one attached hydrogen (secondary N) is 1. The van der Waals surface area contributed by atoms with E-state index >= 15 is 0 Å². The van der Waals surface area contributed by atoms with E-state index in [0.29, 0.717) is 19.2 Å². The fourth-order valence-electron chi connectivity index (χ4n) is 3.12. The Labute approximate surface area is 136 Å². The van der Waals surface area contributed by atoms with Crippen LogP contribution >= 0.6 is 0 Å². The molecule has 2 atom stereocenters. The smallest absolute Gasteiger partial charge is 0.0721 e. The first-order valence-electron chi connectivity index (χ1n) is 8.18. The van der Waals surface area contributed by atoms with E-state index in [1.54, 1.807) is 0 Å². The molecular formula is C18H22N4O. The van der Waals surface area contributed by atoms with Crippen molar-refractivity contribution in [2.45, 2.75) is 38.0 Å². The van der Waals surface area contributed by atoms with E-state index in [9.17, 15) is 0 Å². The lowest BCUT2D eigenvalue weighted by Crippen LogP contribution is -2.21. The van der Waals surface area contributed by atoms with Crippen LogP contribution in [-0.4, -0.2) is 25.2 Å². The summed E-state index contributed by atoms with van der Waals surface area (Å²) < 4.78 is 6.05. The predicted molar refractivity (Wildman–Crippen MR) is 92.2 cm³/mol. The highest BCUT2D eigenvalue weighted by Gasteiger charge is 2.23. The maximum atomic E-state index is 8.27. The molecule has 1 fully saturated rings. The van der Waals surface area contributed by atoms with Gasteiger partial charge in [0.25, 0.3) is 0 Å². The summed E-state index contributed by atoms with van der Waals surface area (Å²) in [6.45, 7) is 2.14. The summed E-state index contributed by atoms with van der Waals surface area (Å²) in [6.07, 6.45) is 3.27. The van der Waals surface area contributed by atoms with Crippen LogP contribution in [0.3, 0.4) is 0 Å². The lowest BCUT2D eigenvalue weighted by atomic mass is 10.1. The van der Waals surface area contributed by atoms with Gasteiger partial charge in [0.2, 0.25) is 0 Å². The van der Waals surface area contributed by atoms with Crippen LogP contribution in [0.25, 0.3) is 21.2 Å². The fourth-order valence-corrected chi connectivity index (χ4v) is 3.12. The van der Waals surface area contributed by atoms with Gasteiger partial charge in [-0.1, -0.05) is 41.5 Å². The van der Waals surface area contributed by atoms with Crippen molar-refractivity contribution in [1.82, 2.24) is 5.32 Å². The summed E-state index contributed by atoms with van der Waals surface area (Å²) in [5.74, 6) is 0. The molecule has 0 amide bonds. The summed E-state index contributed by atoms with van der Waals surface area (Å²) in [5.41, 5.74) is 9.49. The van der Waals surface area contributed by atoms with Crippen molar-refractivity contribution in [3.05, 3.63) is 58.5 Å². The largest absolute Gasteiger partial charge is 0.372 e. The second-order valence-electron chi connectivity index (χ2n) is 6.05. The monoisotopic (exact) mass is 310 g/mol. The molecule has 3 rings (SSSR count). The Bertz CT molecular complexity index is 696. The third-order valence-corrected chi connectivity index (χ3v) is 4.36. The quantitative estimate of drug-likeness (QED) is 0.361. The minimum atomic E-state index is 0.269. The van der Waals surface area contributed by atoms with E-state index in [4.69, 9.17) is 10.3 Å². The van der Waals surface area contributed by atoms with Crippen LogP contribution in [0.15, 0.2) is 47.6 Å². The predicted octanol–water partition coefficient (Wildman–Crippen LogP) is 4.18. The first kappa shape index (κ1) is 15.8. The third-order valence-electron chi connectivity index (χ3n) is 4.36. The van der Waals surface area contributed by atoms with Gasteiger partial charge in [-0.05, 0) is 47.2 Å². The van der Waals surface area contributed by atoms with E-state index < -0.39 is 0 Å². The van der Waals surface area contributed by atoms with Crippen LogP contribution in [0, 0.1) is 0 Å². The highest BCUT2D eigenvalue weighted by atomic mass is 16.5. The Balaban J connectivity index is 1.45. The van der Waals surface area contributed by atoms with Gasteiger partial charge in [-0.2, -0.15) is 0 Å². The molecule has 1 saturated heterocycles. The number of rotatable bonds is 7. The summed E-state index contributed by atoms with van der Waals surface area (Å²) in [4.78, 5) is 2.78. The van der Waals surface area contributed by atoms with Crippen molar-refractivity contribution in [2.75, 3.05) is 13.1 Å². The molecule has 1 N–H and O–H groups in total. The molecule has 0 radical (unpaired) electrons. The zero-order valence-electron chi connectivity index (χ0n) is 13.2. The second kappa shape index (κ2) is 7.97. The van der Waals surface area contributed by atoms with Crippen LogP contribution in [-0.2, 0) is 11.3 Å². The molecular weight excluding hydrogens is 288 g/mol. The molecule has 1 heterocycles. The van der Waals surface area contributed by atoms with Crippen molar-refractivity contribution in [1.29, 1.82) is 0 Å². The topological polar surface area (TPSA) is 70.0 Å². The number of hydrogen-bond donors (Lipinski definition) is 1. The molecule has 120 valence electrons. The zero-order chi connectivity index (χ0) is 15.9. The Morgan fingerprint density at radius 3 is 2.96 bits per heavy atom. The summed E-state index contributed by atoms with van der Waals surface area (Å²) in [5, 5.41) is 9.59. The molecule has 5 nitrogen and oxygen atoms in total. The average molecular weight is 310 g/mol. The molecule has 2 aromatic rings. The van der Waals surface area contributed by atoms with Crippen LogP contribution in [0.2, 0.25) is 0 Å². The third kappa shape index (κ3) is 4.45. The minimum absolute atomic E-state index is 0.269. The maximum absolute atomic E-state index is 8.27. The number of ether oxygens (including phenoxy) is 1. The molecule has 0 unspecified atom stereocenters. The number of azide groups is 1. The summed E-state index contributed by atoms with van der Waals surface area (Å²) >= 11 is 0. The standard InChI is InChI=1S/C18H22N4O/c19-22-21-9-3-6-17-11-18(12-20-17)23-13-14-7-8-15-4-1-2-5-16(15)10-14/h1-2,4-5,7-8,10,17-18,20H,3,6,9,11-13H2/t17-,18-/m1/s1. The number of hydrogen-bond acceptors (Lipinski definition) is 3. The van der Waals surface area contributed by atoms with E-state index in [2.05, 4.69) is 57.8 Å². The van der Waals surface area contributed by atoms with Gasteiger partial charge in [-0.25, -0.2) is 0 Å². The number of fused-ring (bicyclic) bond motifs is 1. The van der Waals surface area contributed by atoms with Crippen LogP contribution in [0.5, 0.6) is 0 Å². The zero-order valence-corrected chi connectivity index (χ0v) is 13.2. The van der Waals surface area contributed by atoms with Crippen LogP contribution < -0.4 is 5.32 Å². The van der Waals surface area contributed by atoms with E-state index in [1.165, 1.54) is 16.3 Å². The fraction of sp³-hybridized carbons (Fsp3) is 0.444. The Morgan fingerprint density at radius 2 is 2.09 bits per heavy atom.